The van der Waals surface area contributed by atoms with Crippen molar-refractivity contribution in [3.63, 3.8) is 0 Å². The van der Waals surface area contributed by atoms with Crippen LogP contribution in [-0.2, 0) is 23.7 Å². The second-order valence-corrected chi connectivity index (χ2v) is 6.74. The lowest BCUT2D eigenvalue weighted by atomic mass is 10.2. The number of carbonyl (C=O) groups is 3. The zero-order valence-electron chi connectivity index (χ0n) is 15.9. The Morgan fingerprint density at radius 2 is 1.62 bits per heavy atom. The standard InChI is InChI=1S/C17H26N2O7/c1-9(2)25-16(21)18-13(23-5)7-11-12(8-14(20)24-6)15(11)19(18)17(22)26-10(3)4/h7,9-12,15H,8H2,1-6H3/t11-,12+,15-/m0/s1. The number of nitrogens with zero attached hydrogens (tertiary/aromatic N) is 2. The Hall–Kier alpha value is -2.45. The number of hydrogen-bond donors (Lipinski definition) is 0. The van der Waals surface area contributed by atoms with Crippen LogP contribution in [-0.4, -0.2) is 60.6 Å². The summed E-state index contributed by atoms with van der Waals surface area (Å²) in [6.07, 6.45) is -0.372. The van der Waals surface area contributed by atoms with Crippen LogP contribution in [0.2, 0.25) is 0 Å². The molecule has 0 bridgehead atoms. The van der Waals surface area contributed by atoms with E-state index in [-0.39, 0.29) is 42.3 Å². The summed E-state index contributed by atoms with van der Waals surface area (Å²) in [5, 5.41) is 2.21. The molecule has 0 aromatic rings. The third-order valence-electron chi connectivity index (χ3n) is 4.10. The van der Waals surface area contributed by atoms with Gasteiger partial charge in [-0.2, -0.15) is 0 Å². The molecule has 0 saturated heterocycles. The number of methoxy groups -OCH3 is 2. The van der Waals surface area contributed by atoms with E-state index < -0.39 is 18.2 Å². The third kappa shape index (κ3) is 4.03. The first kappa shape index (κ1) is 19.9. The molecule has 0 unspecified atom stereocenters. The van der Waals surface area contributed by atoms with E-state index in [9.17, 15) is 14.4 Å². The molecule has 1 fully saturated rings. The fourth-order valence-corrected chi connectivity index (χ4v) is 3.00. The maximum atomic E-state index is 12.7. The Kier molecular flexibility index (Phi) is 5.99. The minimum Gasteiger partial charge on any atom is -0.481 e. The van der Waals surface area contributed by atoms with E-state index in [0.29, 0.717) is 0 Å². The Morgan fingerprint density at radius 1 is 1.04 bits per heavy atom. The summed E-state index contributed by atoms with van der Waals surface area (Å²) in [6.45, 7) is 6.83. The van der Waals surface area contributed by atoms with Crippen molar-refractivity contribution in [1.82, 2.24) is 10.0 Å². The summed E-state index contributed by atoms with van der Waals surface area (Å²) in [4.78, 5) is 36.9. The Bertz CT molecular complexity index is 602. The zero-order chi connectivity index (χ0) is 19.6. The van der Waals surface area contributed by atoms with E-state index in [4.69, 9.17) is 18.9 Å². The summed E-state index contributed by atoms with van der Waals surface area (Å²) >= 11 is 0. The molecule has 0 radical (unpaired) electrons. The highest BCUT2D eigenvalue weighted by atomic mass is 16.6. The Morgan fingerprint density at radius 3 is 2.12 bits per heavy atom. The second-order valence-electron chi connectivity index (χ2n) is 6.74. The monoisotopic (exact) mass is 370 g/mol. The van der Waals surface area contributed by atoms with E-state index in [0.717, 1.165) is 5.01 Å². The van der Waals surface area contributed by atoms with Crippen LogP contribution in [0.25, 0.3) is 0 Å². The lowest BCUT2D eigenvalue weighted by Crippen LogP contribution is -2.54. The van der Waals surface area contributed by atoms with Gasteiger partial charge in [0, 0.05) is 11.8 Å². The number of amides is 2. The molecule has 26 heavy (non-hydrogen) atoms. The van der Waals surface area contributed by atoms with Gasteiger partial charge in [-0.25, -0.2) is 14.6 Å². The molecule has 146 valence electrons. The van der Waals surface area contributed by atoms with Gasteiger partial charge in [-0.3, -0.25) is 4.79 Å². The van der Waals surface area contributed by atoms with Gasteiger partial charge in [0.2, 0.25) is 5.88 Å². The van der Waals surface area contributed by atoms with Gasteiger partial charge in [0.05, 0.1) is 38.9 Å². The van der Waals surface area contributed by atoms with Crippen molar-refractivity contribution in [2.24, 2.45) is 11.8 Å². The predicted molar refractivity (Wildman–Crippen MR) is 89.4 cm³/mol. The maximum absolute atomic E-state index is 12.7. The van der Waals surface area contributed by atoms with Gasteiger partial charge < -0.3 is 18.9 Å². The summed E-state index contributed by atoms with van der Waals surface area (Å²) < 4.78 is 20.5. The summed E-state index contributed by atoms with van der Waals surface area (Å²) in [7, 11) is 2.70. The number of ether oxygens (including phenoxy) is 4. The van der Waals surface area contributed by atoms with Gasteiger partial charge in [0.15, 0.2) is 0 Å². The number of carbonyl (C=O) groups excluding carboxylic acids is 3. The first-order valence-electron chi connectivity index (χ1n) is 8.54. The lowest BCUT2D eigenvalue weighted by Gasteiger charge is -2.36. The van der Waals surface area contributed by atoms with Gasteiger partial charge in [0.25, 0.3) is 0 Å². The molecule has 1 saturated carbocycles. The SMILES string of the molecule is COC(=O)C[C@@H]1[C@@H]2C=C(OC)N(C(=O)OC(C)C)N(C(=O)OC(C)C)[C@@H]21. The van der Waals surface area contributed by atoms with Crippen LogP contribution in [0.1, 0.15) is 34.1 Å². The highest BCUT2D eigenvalue weighted by Crippen LogP contribution is 2.51. The van der Waals surface area contributed by atoms with Crippen LogP contribution in [0.5, 0.6) is 0 Å². The van der Waals surface area contributed by atoms with Crippen LogP contribution in [0, 0.1) is 11.8 Å². The van der Waals surface area contributed by atoms with Crippen LogP contribution in [0.15, 0.2) is 12.0 Å². The first-order valence-corrected chi connectivity index (χ1v) is 8.54. The Labute approximate surface area is 152 Å². The molecule has 0 spiro atoms. The van der Waals surface area contributed by atoms with Gasteiger partial charge in [0.1, 0.15) is 0 Å². The van der Waals surface area contributed by atoms with Gasteiger partial charge in [-0.05, 0) is 33.8 Å². The molecular weight excluding hydrogens is 344 g/mol. The van der Waals surface area contributed by atoms with E-state index in [1.807, 2.05) is 0 Å². The van der Waals surface area contributed by atoms with E-state index >= 15 is 0 Å². The molecule has 9 heteroatoms. The van der Waals surface area contributed by atoms with Crippen LogP contribution in [0.4, 0.5) is 9.59 Å². The van der Waals surface area contributed by atoms with Gasteiger partial charge >= 0.3 is 18.2 Å². The molecule has 1 aliphatic heterocycles. The second kappa shape index (κ2) is 7.84. The normalized spacial score (nSPS) is 24.0. The third-order valence-corrected chi connectivity index (χ3v) is 4.10. The molecule has 0 aromatic heterocycles. The fraction of sp³-hybridized carbons (Fsp3) is 0.706. The minimum atomic E-state index is -0.754. The summed E-state index contributed by atoms with van der Waals surface area (Å²) in [5.41, 5.74) is 0. The molecule has 1 heterocycles. The number of rotatable bonds is 5. The van der Waals surface area contributed by atoms with Crippen LogP contribution >= 0.6 is 0 Å². The number of hydrogen-bond acceptors (Lipinski definition) is 7. The van der Waals surface area contributed by atoms with Gasteiger partial charge in [-0.1, -0.05) is 0 Å². The number of hydrazine groups is 1. The summed E-state index contributed by atoms with van der Waals surface area (Å²) in [5.74, 6) is -0.550. The molecular formula is C17H26N2O7. The molecule has 9 nitrogen and oxygen atoms in total. The highest BCUT2D eigenvalue weighted by Gasteiger charge is 2.61. The fourth-order valence-electron chi connectivity index (χ4n) is 3.00. The van der Waals surface area contributed by atoms with E-state index in [1.165, 1.54) is 19.2 Å². The van der Waals surface area contributed by atoms with Crippen molar-refractivity contribution in [3.05, 3.63) is 12.0 Å². The minimum absolute atomic E-state index is 0.123. The average molecular weight is 370 g/mol. The van der Waals surface area contributed by atoms with Crippen molar-refractivity contribution in [2.75, 3.05) is 14.2 Å². The van der Waals surface area contributed by atoms with Crippen molar-refractivity contribution < 1.29 is 33.3 Å². The highest BCUT2D eigenvalue weighted by molar-refractivity contribution is 5.78. The Balaban J connectivity index is 2.33. The molecule has 1 aliphatic carbocycles. The summed E-state index contributed by atoms with van der Waals surface area (Å²) in [6, 6.07) is -0.404. The van der Waals surface area contributed by atoms with E-state index in [1.54, 1.807) is 33.8 Å². The van der Waals surface area contributed by atoms with Crippen LogP contribution in [0.3, 0.4) is 0 Å². The maximum Gasteiger partial charge on any atom is 0.436 e. The molecule has 2 rings (SSSR count). The molecule has 3 atom stereocenters. The van der Waals surface area contributed by atoms with Crippen molar-refractivity contribution in [3.8, 4) is 0 Å². The molecule has 0 N–H and O–H groups in total. The van der Waals surface area contributed by atoms with E-state index in [2.05, 4.69) is 0 Å². The largest absolute Gasteiger partial charge is 0.481 e. The van der Waals surface area contributed by atoms with Crippen molar-refractivity contribution in [1.29, 1.82) is 0 Å². The topological polar surface area (TPSA) is 94.6 Å². The quantitative estimate of drug-likeness (QED) is 0.541. The zero-order valence-corrected chi connectivity index (χ0v) is 15.9. The smallest absolute Gasteiger partial charge is 0.436 e. The lowest BCUT2D eigenvalue weighted by molar-refractivity contribution is -0.141. The average Bonchev–Trinajstić information content (AvgIpc) is 3.23. The number of fused-ring (bicyclic) bond motifs is 1. The predicted octanol–water partition coefficient (Wildman–Crippen LogP) is 2.27. The van der Waals surface area contributed by atoms with Crippen molar-refractivity contribution >= 4 is 18.2 Å². The number of esters is 1. The molecule has 0 aromatic carbocycles. The molecule has 2 aliphatic rings. The first-order chi connectivity index (χ1) is 12.2. The molecule has 2 amide bonds. The van der Waals surface area contributed by atoms with Crippen LogP contribution < -0.4 is 0 Å². The van der Waals surface area contributed by atoms with Crippen molar-refractivity contribution in [2.45, 2.75) is 52.4 Å². The van der Waals surface area contributed by atoms with Gasteiger partial charge in [-0.15, -0.1) is 5.01 Å².